The van der Waals surface area contributed by atoms with Crippen LogP contribution in [0.15, 0.2) is 22.4 Å². The van der Waals surface area contributed by atoms with Crippen molar-refractivity contribution >= 4 is 23.4 Å². The number of methoxy groups -OCH3 is 1. The minimum atomic E-state index is -0.507. The van der Waals surface area contributed by atoms with Crippen LogP contribution in [-0.4, -0.2) is 38.3 Å². The minimum absolute atomic E-state index is 0.248. The lowest BCUT2D eigenvalue weighted by Gasteiger charge is -2.07. The number of carbonyl (C=O) groups is 1. The molecule has 0 bridgehead atoms. The van der Waals surface area contributed by atoms with Crippen molar-refractivity contribution in [2.45, 2.75) is 10.2 Å². The van der Waals surface area contributed by atoms with E-state index in [4.69, 9.17) is 5.73 Å². The summed E-state index contributed by atoms with van der Waals surface area (Å²) in [5.74, 6) is -0.507. The molecule has 0 atom stereocenters. The molecule has 2 aromatic heterocycles. The molecule has 0 aliphatic carbocycles. The predicted molar refractivity (Wildman–Crippen MR) is 62.9 cm³/mol. The number of hydrogen-bond donors (Lipinski definition) is 1. The van der Waals surface area contributed by atoms with Crippen molar-refractivity contribution in [1.82, 2.24) is 25.2 Å². The molecule has 0 aliphatic rings. The minimum Gasteiger partial charge on any atom is -0.465 e. The highest BCUT2D eigenvalue weighted by Gasteiger charge is 2.16. The Morgan fingerprint density at radius 2 is 2.33 bits per heavy atom. The highest BCUT2D eigenvalue weighted by Crippen LogP contribution is 2.30. The summed E-state index contributed by atoms with van der Waals surface area (Å²) in [7, 11) is 2.99. The van der Waals surface area contributed by atoms with E-state index in [9.17, 15) is 4.79 Å². The maximum atomic E-state index is 11.5. The second kappa shape index (κ2) is 5.00. The van der Waals surface area contributed by atoms with Gasteiger partial charge in [0.15, 0.2) is 0 Å². The van der Waals surface area contributed by atoms with Crippen molar-refractivity contribution in [2.75, 3.05) is 12.8 Å². The van der Waals surface area contributed by atoms with Gasteiger partial charge in [0, 0.05) is 13.2 Å². The second-order valence-corrected chi connectivity index (χ2v) is 4.21. The first-order valence-corrected chi connectivity index (χ1v) is 5.68. The highest BCUT2D eigenvalue weighted by atomic mass is 32.2. The molecule has 0 saturated heterocycles. The predicted octanol–water partition coefficient (Wildman–Crippen LogP) is 0.125. The van der Waals surface area contributed by atoms with Crippen molar-refractivity contribution in [3.05, 3.63) is 17.8 Å². The second-order valence-electron chi connectivity index (χ2n) is 3.26. The van der Waals surface area contributed by atoms with Crippen LogP contribution in [0.3, 0.4) is 0 Å². The summed E-state index contributed by atoms with van der Waals surface area (Å²) in [4.78, 5) is 15.6. The van der Waals surface area contributed by atoms with Crippen LogP contribution in [0.4, 0.5) is 5.69 Å². The Labute approximate surface area is 107 Å². The van der Waals surface area contributed by atoms with E-state index in [1.807, 2.05) is 0 Å². The van der Waals surface area contributed by atoms with Crippen molar-refractivity contribution < 1.29 is 9.53 Å². The molecule has 18 heavy (non-hydrogen) atoms. The first-order valence-electron chi connectivity index (χ1n) is 4.86. The highest BCUT2D eigenvalue weighted by molar-refractivity contribution is 7.99. The van der Waals surface area contributed by atoms with Gasteiger partial charge >= 0.3 is 5.97 Å². The molecule has 0 radical (unpaired) electrons. The molecule has 0 fully saturated rings. The van der Waals surface area contributed by atoms with Crippen LogP contribution in [0.5, 0.6) is 0 Å². The number of nitrogens with zero attached hydrogens (tertiary/aromatic N) is 5. The molecule has 0 spiro atoms. The summed E-state index contributed by atoms with van der Waals surface area (Å²) in [6, 6.07) is 1.50. The number of rotatable bonds is 3. The van der Waals surface area contributed by atoms with Gasteiger partial charge < -0.3 is 10.5 Å². The van der Waals surface area contributed by atoms with Crippen LogP contribution in [0, 0.1) is 0 Å². The lowest BCUT2D eigenvalue weighted by Crippen LogP contribution is -2.07. The van der Waals surface area contributed by atoms with Gasteiger partial charge in [-0.25, -0.2) is 14.5 Å². The molecule has 0 saturated carbocycles. The van der Waals surface area contributed by atoms with Crippen LogP contribution in [0.1, 0.15) is 10.4 Å². The molecule has 94 valence electrons. The van der Waals surface area contributed by atoms with Crippen molar-refractivity contribution in [2.24, 2.45) is 7.05 Å². The van der Waals surface area contributed by atoms with Crippen molar-refractivity contribution in [3.8, 4) is 0 Å². The maximum Gasteiger partial charge on any atom is 0.340 e. The number of hydrogen-bond acceptors (Lipinski definition) is 8. The number of pyridine rings is 1. The monoisotopic (exact) mass is 266 g/mol. The number of ether oxygens (including phenoxy) is 1. The van der Waals surface area contributed by atoms with Gasteiger partial charge in [0.2, 0.25) is 5.16 Å². The summed E-state index contributed by atoms with van der Waals surface area (Å²) in [6.45, 7) is 0. The molecular formula is C9H10N6O2S. The largest absolute Gasteiger partial charge is 0.465 e. The fourth-order valence-electron chi connectivity index (χ4n) is 1.22. The Balaban J connectivity index is 2.35. The average Bonchev–Trinajstić information content (AvgIpc) is 2.77. The quantitative estimate of drug-likeness (QED) is 0.780. The number of carbonyl (C=O) groups excluding carboxylic acids is 1. The van der Waals surface area contributed by atoms with E-state index in [0.717, 1.165) is 0 Å². The molecular weight excluding hydrogens is 256 g/mol. The molecule has 0 aromatic carbocycles. The Hall–Kier alpha value is -2.16. The zero-order valence-corrected chi connectivity index (χ0v) is 10.5. The van der Waals surface area contributed by atoms with Crippen LogP contribution < -0.4 is 5.73 Å². The first-order chi connectivity index (χ1) is 8.63. The summed E-state index contributed by atoms with van der Waals surface area (Å²) in [6.07, 6.45) is 1.48. The van der Waals surface area contributed by atoms with E-state index in [1.165, 1.54) is 35.8 Å². The smallest absolute Gasteiger partial charge is 0.340 e. The number of aryl methyl sites for hydroxylation is 1. The summed E-state index contributed by atoms with van der Waals surface area (Å²) >= 11 is 1.17. The molecule has 9 heteroatoms. The van der Waals surface area contributed by atoms with Gasteiger partial charge in [0.05, 0.1) is 18.4 Å². The standard InChI is InChI=1S/C9H10N6O2S/c1-15-9(12-13-14-15)18-7-6(10)5(3-4-11-7)8(16)17-2/h3-4H,10H2,1-2H3. The van der Waals surface area contributed by atoms with E-state index in [0.29, 0.717) is 10.2 Å². The number of nitrogens with two attached hydrogens (primary N) is 1. The van der Waals surface area contributed by atoms with Gasteiger partial charge in [-0.3, -0.25) is 0 Å². The third-order valence-electron chi connectivity index (χ3n) is 2.13. The van der Waals surface area contributed by atoms with Gasteiger partial charge in [0.25, 0.3) is 0 Å². The molecule has 2 rings (SSSR count). The topological polar surface area (TPSA) is 109 Å². The van der Waals surface area contributed by atoms with Gasteiger partial charge in [-0.2, -0.15) is 0 Å². The van der Waals surface area contributed by atoms with E-state index < -0.39 is 5.97 Å². The molecule has 0 unspecified atom stereocenters. The van der Waals surface area contributed by atoms with E-state index in [-0.39, 0.29) is 11.3 Å². The Morgan fingerprint density at radius 1 is 1.56 bits per heavy atom. The summed E-state index contributed by atoms with van der Waals surface area (Å²) < 4.78 is 6.11. The molecule has 2 aromatic rings. The van der Waals surface area contributed by atoms with Gasteiger partial charge in [-0.15, -0.1) is 5.10 Å². The molecule has 0 aliphatic heterocycles. The molecule has 8 nitrogen and oxygen atoms in total. The van der Waals surface area contributed by atoms with Gasteiger partial charge in [-0.05, 0) is 28.3 Å². The van der Waals surface area contributed by atoms with Crippen LogP contribution >= 0.6 is 11.8 Å². The third kappa shape index (κ3) is 2.25. The SMILES string of the molecule is COC(=O)c1ccnc(Sc2nnnn2C)c1N. The van der Waals surface area contributed by atoms with E-state index >= 15 is 0 Å². The van der Waals surface area contributed by atoms with Crippen molar-refractivity contribution in [3.63, 3.8) is 0 Å². The zero-order chi connectivity index (χ0) is 13.1. The number of aromatic nitrogens is 5. The lowest BCUT2D eigenvalue weighted by atomic mass is 10.2. The fraction of sp³-hybridized carbons (Fsp3) is 0.222. The number of nitrogen functional groups attached to an aromatic ring is 1. The Morgan fingerprint density at radius 3 is 2.94 bits per heavy atom. The normalized spacial score (nSPS) is 10.3. The maximum absolute atomic E-state index is 11.5. The van der Waals surface area contributed by atoms with E-state index in [1.54, 1.807) is 7.05 Å². The van der Waals surface area contributed by atoms with Crippen LogP contribution in [-0.2, 0) is 11.8 Å². The zero-order valence-electron chi connectivity index (χ0n) is 9.69. The Bertz CT molecular complexity index is 584. The van der Waals surface area contributed by atoms with Gasteiger partial charge in [-0.1, -0.05) is 0 Å². The first kappa shape index (κ1) is 12.3. The third-order valence-corrected chi connectivity index (χ3v) is 3.18. The lowest BCUT2D eigenvalue weighted by molar-refractivity contribution is 0.0601. The number of tetrazole rings is 1. The molecule has 2 heterocycles. The average molecular weight is 266 g/mol. The van der Waals surface area contributed by atoms with Crippen molar-refractivity contribution in [1.29, 1.82) is 0 Å². The fourth-order valence-corrected chi connectivity index (χ4v) is 1.97. The van der Waals surface area contributed by atoms with Gasteiger partial charge in [0.1, 0.15) is 5.03 Å². The Kier molecular flexibility index (Phi) is 3.42. The molecule has 2 N–H and O–H groups in total. The number of anilines is 1. The van der Waals surface area contributed by atoms with E-state index in [2.05, 4.69) is 25.2 Å². The van der Waals surface area contributed by atoms with Crippen LogP contribution in [0.25, 0.3) is 0 Å². The summed E-state index contributed by atoms with van der Waals surface area (Å²) in [5.41, 5.74) is 6.38. The molecule has 0 amide bonds. The van der Waals surface area contributed by atoms with Crippen LogP contribution in [0.2, 0.25) is 0 Å². The summed E-state index contributed by atoms with van der Waals surface area (Å²) in [5, 5.41) is 12.0. The number of esters is 1.